The van der Waals surface area contributed by atoms with Gasteiger partial charge in [-0.1, -0.05) is 12.1 Å². The molecule has 144 valence electrons. The summed E-state index contributed by atoms with van der Waals surface area (Å²) in [5.41, 5.74) is 1.78. The Balaban J connectivity index is 1.61. The number of methoxy groups -OCH3 is 1. The fourth-order valence-electron chi connectivity index (χ4n) is 2.69. The minimum Gasteiger partial charge on any atom is -0.497 e. The van der Waals surface area contributed by atoms with Crippen LogP contribution in [0.2, 0.25) is 0 Å². The molecule has 1 N–H and O–H groups in total. The Hall–Kier alpha value is -3.48. The Morgan fingerprint density at radius 2 is 1.93 bits per heavy atom. The number of hydrogen-bond donors (Lipinski definition) is 1. The number of aromatic nitrogens is 2. The second-order valence-corrected chi connectivity index (χ2v) is 6.17. The van der Waals surface area contributed by atoms with E-state index < -0.39 is 0 Å². The first-order chi connectivity index (χ1) is 13.5. The molecule has 0 fully saturated rings. The molecule has 3 aromatic rings. The van der Waals surface area contributed by atoms with Crippen molar-refractivity contribution in [2.75, 3.05) is 12.4 Å². The Morgan fingerprint density at radius 3 is 2.68 bits per heavy atom. The smallest absolute Gasteiger partial charge is 0.266 e. The van der Waals surface area contributed by atoms with Gasteiger partial charge in [-0.05, 0) is 48.9 Å². The van der Waals surface area contributed by atoms with Crippen LogP contribution in [0, 0.1) is 5.82 Å². The molecule has 0 bridgehead atoms. The molecular weight excluding hydrogens is 361 g/mol. The zero-order valence-corrected chi connectivity index (χ0v) is 15.4. The van der Waals surface area contributed by atoms with Gasteiger partial charge in [0, 0.05) is 30.3 Å². The number of rotatable bonds is 7. The van der Waals surface area contributed by atoms with E-state index in [1.54, 1.807) is 13.2 Å². The van der Waals surface area contributed by atoms with Crippen molar-refractivity contribution in [1.82, 2.24) is 9.78 Å². The number of halogens is 1. The fraction of sp³-hybridized carbons (Fsp3) is 0.190. The summed E-state index contributed by atoms with van der Waals surface area (Å²) in [6, 6.07) is 16.1. The van der Waals surface area contributed by atoms with E-state index in [1.807, 2.05) is 24.3 Å². The van der Waals surface area contributed by atoms with Gasteiger partial charge in [-0.15, -0.1) is 0 Å². The first kappa shape index (κ1) is 19.3. The van der Waals surface area contributed by atoms with Crippen LogP contribution in [0.5, 0.6) is 5.75 Å². The number of carbonyl (C=O) groups is 1. The van der Waals surface area contributed by atoms with Crippen molar-refractivity contribution in [3.8, 4) is 17.0 Å². The number of benzene rings is 2. The van der Waals surface area contributed by atoms with Crippen LogP contribution < -0.4 is 15.6 Å². The standard InChI is InChI=1S/C21H20FN3O3/c1-28-18-5-2-4-15(14-18)19-11-12-21(27)25(24-19)13-3-6-20(26)23-17-9-7-16(22)8-10-17/h2,4-5,7-12,14H,3,6,13H2,1H3,(H,23,26). The molecule has 2 aromatic carbocycles. The van der Waals surface area contributed by atoms with E-state index in [2.05, 4.69) is 10.4 Å². The number of aryl methyl sites for hydroxylation is 1. The number of nitrogens with one attached hydrogen (secondary N) is 1. The summed E-state index contributed by atoms with van der Waals surface area (Å²) < 4.78 is 19.5. The normalized spacial score (nSPS) is 10.5. The molecule has 0 aliphatic heterocycles. The average Bonchev–Trinajstić information content (AvgIpc) is 2.71. The zero-order valence-electron chi connectivity index (χ0n) is 15.4. The highest BCUT2D eigenvalue weighted by molar-refractivity contribution is 5.90. The van der Waals surface area contributed by atoms with Crippen LogP contribution in [-0.4, -0.2) is 22.8 Å². The molecule has 0 atom stereocenters. The van der Waals surface area contributed by atoms with Gasteiger partial charge in [-0.3, -0.25) is 9.59 Å². The molecule has 0 saturated carbocycles. The lowest BCUT2D eigenvalue weighted by atomic mass is 10.1. The molecule has 3 rings (SSSR count). The molecule has 1 aromatic heterocycles. The third kappa shape index (κ3) is 5.03. The molecule has 0 unspecified atom stereocenters. The summed E-state index contributed by atoms with van der Waals surface area (Å²) in [7, 11) is 1.59. The summed E-state index contributed by atoms with van der Waals surface area (Å²) in [6.45, 7) is 0.313. The SMILES string of the molecule is COc1cccc(-c2ccc(=O)n(CCCC(=O)Nc3ccc(F)cc3)n2)c1. The molecule has 0 saturated heterocycles. The first-order valence-electron chi connectivity index (χ1n) is 8.83. The Bertz CT molecular complexity index is 1020. The number of ether oxygens (including phenoxy) is 1. The molecular formula is C21H20FN3O3. The number of carbonyl (C=O) groups excluding carboxylic acids is 1. The van der Waals surface area contributed by atoms with Gasteiger partial charge in [0.05, 0.1) is 12.8 Å². The van der Waals surface area contributed by atoms with Crippen LogP contribution in [0.25, 0.3) is 11.3 Å². The largest absolute Gasteiger partial charge is 0.497 e. The molecule has 7 heteroatoms. The highest BCUT2D eigenvalue weighted by Crippen LogP contribution is 2.21. The molecule has 1 amide bonds. The van der Waals surface area contributed by atoms with E-state index in [9.17, 15) is 14.0 Å². The van der Waals surface area contributed by atoms with Crippen LogP contribution in [0.1, 0.15) is 12.8 Å². The van der Waals surface area contributed by atoms with E-state index >= 15 is 0 Å². The summed E-state index contributed by atoms with van der Waals surface area (Å²) >= 11 is 0. The van der Waals surface area contributed by atoms with Crippen molar-refractivity contribution in [2.45, 2.75) is 19.4 Å². The minimum absolute atomic E-state index is 0.205. The number of nitrogens with zero attached hydrogens (tertiary/aromatic N) is 2. The summed E-state index contributed by atoms with van der Waals surface area (Å²) in [5.74, 6) is 0.137. The van der Waals surface area contributed by atoms with Crippen LogP contribution in [0.3, 0.4) is 0 Å². The molecule has 0 spiro atoms. The van der Waals surface area contributed by atoms with Gasteiger partial charge in [-0.2, -0.15) is 5.10 Å². The number of hydrogen-bond acceptors (Lipinski definition) is 4. The maximum absolute atomic E-state index is 12.9. The molecule has 1 heterocycles. The lowest BCUT2D eigenvalue weighted by molar-refractivity contribution is -0.116. The molecule has 0 radical (unpaired) electrons. The number of amides is 1. The Morgan fingerprint density at radius 1 is 1.14 bits per heavy atom. The van der Waals surface area contributed by atoms with Gasteiger partial charge in [-0.25, -0.2) is 9.07 Å². The van der Waals surface area contributed by atoms with Crippen molar-refractivity contribution in [3.63, 3.8) is 0 Å². The minimum atomic E-state index is -0.362. The van der Waals surface area contributed by atoms with E-state index in [4.69, 9.17) is 4.74 Å². The quantitative estimate of drug-likeness (QED) is 0.680. The maximum Gasteiger partial charge on any atom is 0.266 e. The molecule has 6 nitrogen and oxygen atoms in total. The van der Waals surface area contributed by atoms with Crippen LogP contribution in [0.4, 0.5) is 10.1 Å². The lowest BCUT2D eigenvalue weighted by Gasteiger charge is -2.09. The molecule has 28 heavy (non-hydrogen) atoms. The van der Waals surface area contributed by atoms with Crippen molar-refractivity contribution >= 4 is 11.6 Å². The summed E-state index contributed by atoms with van der Waals surface area (Å²) in [5, 5.41) is 7.08. The highest BCUT2D eigenvalue weighted by Gasteiger charge is 2.07. The second-order valence-electron chi connectivity index (χ2n) is 6.17. The fourth-order valence-corrected chi connectivity index (χ4v) is 2.69. The Labute approximate surface area is 161 Å². The third-order valence-electron chi connectivity index (χ3n) is 4.13. The topological polar surface area (TPSA) is 73.2 Å². The number of anilines is 1. The highest BCUT2D eigenvalue weighted by atomic mass is 19.1. The van der Waals surface area contributed by atoms with E-state index in [1.165, 1.54) is 35.0 Å². The third-order valence-corrected chi connectivity index (χ3v) is 4.13. The van der Waals surface area contributed by atoms with Crippen molar-refractivity contribution in [1.29, 1.82) is 0 Å². The van der Waals surface area contributed by atoms with Crippen molar-refractivity contribution in [3.05, 3.63) is 76.8 Å². The van der Waals surface area contributed by atoms with Gasteiger partial charge >= 0.3 is 0 Å². The van der Waals surface area contributed by atoms with Gasteiger partial charge < -0.3 is 10.1 Å². The van der Waals surface area contributed by atoms with Crippen molar-refractivity contribution < 1.29 is 13.9 Å². The van der Waals surface area contributed by atoms with E-state index in [0.717, 1.165) is 5.56 Å². The first-order valence-corrected chi connectivity index (χ1v) is 8.83. The predicted octanol–water partition coefficient (Wildman–Crippen LogP) is 3.48. The van der Waals surface area contributed by atoms with Gasteiger partial charge in [0.25, 0.3) is 5.56 Å². The lowest BCUT2D eigenvalue weighted by Crippen LogP contribution is -2.23. The monoisotopic (exact) mass is 381 g/mol. The summed E-state index contributed by atoms with van der Waals surface area (Å²) in [6.07, 6.45) is 0.663. The Kier molecular flexibility index (Phi) is 6.16. The van der Waals surface area contributed by atoms with E-state index in [0.29, 0.717) is 30.1 Å². The second kappa shape index (κ2) is 8.94. The van der Waals surface area contributed by atoms with E-state index in [-0.39, 0.29) is 23.7 Å². The summed E-state index contributed by atoms with van der Waals surface area (Å²) in [4.78, 5) is 24.1. The molecule has 0 aliphatic rings. The van der Waals surface area contributed by atoms with Gasteiger partial charge in [0.1, 0.15) is 11.6 Å². The molecule has 0 aliphatic carbocycles. The average molecular weight is 381 g/mol. The van der Waals surface area contributed by atoms with Crippen LogP contribution >= 0.6 is 0 Å². The van der Waals surface area contributed by atoms with Crippen molar-refractivity contribution in [2.24, 2.45) is 0 Å². The van der Waals surface area contributed by atoms with Gasteiger partial charge in [0.15, 0.2) is 0 Å². The van der Waals surface area contributed by atoms with Crippen LogP contribution in [0.15, 0.2) is 65.5 Å². The van der Waals surface area contributed by atoms with Gasteiger partial charge in [0.2, 0.25) is 5.91 Å². The maximum atomic E-state index is 12.9. The van der Waals surface area contributed by atoms with Crippen LogP contribution in [-0.2, 0) is 11.3 Å². The zero-order chi connectivity index (χ0) is 19.9. The predicted molar refractivity (Wildman–Crippen MR) is 105 cm³/mol.